The molecule has 2 fully saturated rings. The van der Waals surface area contributed by atoms with Gasteiger partial charge in [0.25, 0.3) is 0 Å². The fourth-order valence-electron chi connectivity index (χ4n) is 4.91. The molecule has 2 aliphatic heterocycles. The Labute approximate surface area is 192 Å². The van der Waals surface area contributed by atoms with E-state index in [1.807, 2.05) is 13.1 Å². The molecule has 0 amide bonds. The molecule has 0 aliphatic carbocycles. The van der Waals surface area contributed by atoms with E-state index in [2.05, 4.69) is 80.9 Å². The van der Waals surface area contributed by atoms with Crippen LogP contribution in [-0.4, -0.2) is 63.3 Å². The summed E-state index contributed by atoms with van der Waals surface area (Å²) in [6, 6.07) is 20.1. The topological polar surface area (TPSA) is 52.1 Å². The van der Waals surface area contributed by atoms with Crippen molar-refractivity contribution in [3.8, 4) is 5.75 Å². The van der Waals surface area contributed by atoms with E-state index in [4.69, 9.17) is 4.74 Å². The van der Waals surface area contributed by atoms with Crippen LogP contribution in [0.1, 0.15) is 25.3 Å². The van der Waals surface area contributed by atoms with Crippen LogP contribution in [0.15, 0.2) is 59.6 Å². The molecule has 4 rings (SSSR count). The maximum atomic E-state index is 5.38. The summed E-state index contributed by atoms with van der Waals surface area (Å²) in [6.45, 7) is 7.46. The standard InChI is InChI=1S/C26H37N5O/c1-20-14-23(19-31(20)17-21-8-5-4-6-9-21)29-26(27-2)28-16-22-12-13-30(18-22)24-10-7-11-25(15-24)32-3/h4-11,15,20,22-23H,12-14,16-19H2,1-3H3,(H2,27,28,29). The van der Waals surface area contributed by atoms with E-state index in [9.17, 15) is 0 Å². The van der Waals surface area contributed by atoms with Gasteiger partial charge in [-0.1, -0.05) is 36.4 Å². The Morgan fingerprint density at radius 3 is 2.75 bits per heavy atom. The maximum Gasteiger partial charge on any atom is 0.191 e. The van der Waals surface area contributed by atoms with Crippen molar-refractivity contribution in [3.05, 3.63) is 60.2 Å². The zero-order valence-corrected chi connectivity index (χ0v) is 19.6. The summed E-state index contributed by atoms with van der Waals surface area (Å²) in [5.41, 5.74) is 2.62. The molecule has 3 atom stereocenters. The number of nitrogens with zero attached hydrogens (tertiary/aromatic N) is 3. The molecule has 2 heterocycles. The summed E-state index contributed by atoms with van der Waals surface area (Å²) in [5, 5.41) is 7.24. The second-order valence-corrected chi connectivity index (χ2v) is 9.10. The number of rotatable bonds is 7. The van der Waals surface area contributed by atoms with E-state index >= 15 is 0 Å². The van der Waals surface area contributed by atoms with Crippen molar-refractivity contribution in [2.75, 3.05) is 45.2 Å². The highest BCUT2D eigenvalue weighted by molar-refractivity contribution is 5.80. The summed E-state index contributed by atoms with van der Waals surface area (Å²) >= 11 is 0. The molecular weight excluding hydrogens is 398 g/mol. The van der Waals surface area contributed by atoms with Gasteiger partial charge < -0.3 is 20.3 Å². The molecule has 32 heavy (non-hydrogen) atoms. The summed E-state index contributed by atoms with van der Waals surface area (Å²) in [7, 11) is 3.59. The van der Waals surface area contributed by atoms with Crippen molar-refractivity contribution in [1.82, 2.24) is 15.5 Å². The normalized spacial score (nSPS) is 24.0. The van der Waals surface area contributed by atoms with Crippen molar-refractivity contribution in [1.29, 1.82) is 0 Å². The third-order valence-corrected chi connectivity index (χ3v) is 6.76. The van der Waals surface area contributed by atoms with Crippen molar-refractivity contribution in [2.24, 2.45) is 10.9 Å². The Kier molecular flexibility index (Phi) is 7.53. The molecule has 0 bridgehead atoms. The monoisotopic (exact) mass is 435 g/mol. The number of nitrogens with one attached hydrogen (secondary N) is 2. The first-order valence-electron chi connectivity index (χ1n) is 11.8. The summed E-state index contributed by atoms with van der Waals surface area (Å²) in [5.74, 6) is 2.45. The fraction of sp³-hybridized carbons (Fsp3) is 0.500. The predicted molar refractivity (Wildman–Crippen MR) is 133 cm³/mol. The molecule has 2 saturated heterocycles. The lowest BCUT2D eigenvalue weighted by Crippen LogP contribution is -2.46. The van der Waals surface area contributed by atoms with Gasteiger partial charge >= 0.3 is 0 Å². The molecule has 2 aromatic rings. The molecule has 172 valence electrons. The molecular formula is C26H37N5O. The molecule has 0 radical (unpaired) electrons. The van der Waals surface area contributed by atoms with Crippen LogP contribution in [0.5, 0.6) is 5.75 Å². The van der Waals surface area contributed by atoms with Gasteiger partial charge in [0.1, 0.15) is 5.75 Å². The summed E-state index contributed by atoms with van der Waals surface area (Å²) < 4.78 is 5.38. The third-order valence-electron chi connectivity index (χ3n) is 6.76. The summed E-state index contributed by atoms with van der Waals surface area (Å²) in [4.78, 5) is 9.50. The Balaban J connectivity index is 1.23. The van der Waals surface area contributed by atoms with E-state index in [1.54, 1.807) is 7.11 Å². The van der Waals surface area contributed by atoms with E-state index in [1.165, 1.54) is 17.7 Å². The second-order valence-electron chi connectivity index (χ2n) is 9.10. The van der Waals surface area contributed by atoms with Crippen molar-refractivity contribution >= 4 is 11.6 Å². The number of methoxy groups -OCH3 is 1. The first kappa shape index (κ1) is 22.5. The minimum Gasteiger partial charge on any atom is -0.497 e. The van der Waals surface area contributed by atoms with Crippen LogP contribution < -0.4 is 20.3 Å². The van der Waals surface area contributed by atoms with Crippen LogP contribution >= 0.6 is 0 Å². The third kappa shape index (κ3) is 5.74. The molecule has 6 heteroatoms. The second kappa shape index (κ2) is 10.7. The Hall–Kier alpha value is -2.73. The maximum absolute atomic E-state index is 5.38. The Morgan fingerprint density at radius 2 is 1.97 bits per heavy atom. The van der Waals surface area contributed by atoms with Crippen molar-refractivity contribution in [2.45, 2.75) is 38.4 Å². The van der Waals surface area contributed by atoms with Gasteiger partial charge in [0.05, 0.1) is 7.11 Å². The molecule has 2 aromatic carbocycles. The van der Waals surface area contributed by atoms with Crippen LogP contribution in [-0.2, 0) is 6.54 Å². The van der Waals surface area contributed by atoms with Gasteiger partial charge in [0, 0.05) is 63.6 Å². The number of hydrogen-bond acceptors (Lipinski definition) is 4. The van der Waals surface area contributed by atoms with Gasteiger partial charge in [-0.05, 0) is 43.4 Å². The van der Waals surface area contributed by atoms with Gasteiger partial charge in [-0.15, -0.1) is 0 Å². The van der Waals surface area contributed by atoms with Crippen LogP contribution in [0.25, 0.3) is 0 Å². The molecule has 2 N–H and O–H groups in total. The zero-order chi connectivity index (χ0) is 22.3. The quantitative estimate of drug-likeness (QED) is 0.516. The highest BCUT2D eigenvalue weighted by atomic mass is 16.5. The minimum absolute atomic E-state index is 0.428. The Morgan fingerprint density at radius 1 is 1.12 bits per heavy atom. The van der Waals surface area contributed by atoms with Crippen LogP contribution in [0.2, 0.25) is 0 Å². The smallest absolute Gasteiger partial charge is 0.191 e. The van der Waals surface area contributed by atoms with E-state index < -0.39 is 0 Å². The minimum atomic E-state index is 0.428. The largest absolute Gasteiger partial charge is 0.497 e. The number of ether oxygens (including phenoxy) is 1. The lowest BCUT2D eigenvalue weighted by molar-refractivity contribution is 0.258. The van der Waals surface area contributed by atoms with Crippen LogP contribution in [0, 0.1) is 5.92 Å². The number of aliphatic imine (C=N–C) groups is 1. The number of guanidine groups is 1. The first-order chi connectivity index (χ1) is 15.6. The van der Waals surface area contributed by atoms with E-state index in [0.29, 0.717) is 18.0 Å². The highest BCUT2D eigenvalue weighted by Crippen LogP contribution is 2.26. The number of likely N-dealkylation sites (tertiary alicyclic amines) is 1. The molecule has 2 aliphatic rings. The molecule has 0 spiro atoms. The number of hydrogen-bond donors (Lipinski definition) is 2. The zero-order valence-electron chi connectivity index (χ0n) is 19.6. The molecule has 0 aromatic heterocycles. The number of anilines is 1. The number of benzene rings is 2. The van der Waals surface area contributed by atoms with Crippen molar-refractivity contribution in [3.63, 3.8) is 0 Å². The predicted octanol–water partition coefficient (Wildman–Crippen LogP) is 3.35. The lowest BCUT2D eigenvalue weighted by Gasteiger charge is -2.22. The highest BCUT2D eigenvalue weighted by Gasteiger charge is 2.30. The molecule has 6 nitrogen and oxygen atoms in total. The average molecular weight is 436 g/mol. The van der Waals surface area contributed by atoms with E-state index in [0.717, 1.165) is 50.9 Å². The SMILES string of the molecule is CN=C(NCC1CCN(c2cccc(OC)c2)C1)NC1CC(C)N(Cc2ccccc2)C1. The van der Waals surface area contributed by atoms with Crippen LogP contribution in [0.4, 0.5) is 5.69 Å². The van der Waals surface area contributed by atoms with Crippen LogP contribution in [0.3, 0.4) is 0 Å². The molecule has 3 unspecified atom stereocenters. The van der Waals surface area contributed by atoms with E-state index in [-0.39, 0.29) is 0 Å². The van der Waals surface area contributed by atoms with Gasteiger partial charge in [-0.3, -0.25) is 9.89 Å². The van der Waals surface area contributed by atoms with Gasteiger partial charge in [0.2, 0.25) is 0 Å². The fourth-order valence-corrected chi connectivity index (χ4v) is 4.91. The average Bonchev–Trinajstić information content (AvgIpc) is 3.44. The van der Waals surface area contributed by atoms with Crippen molar-refractivity contribution < 1.29 is 4.74 Å². The summed E-state index contributed by atoms with van der Waals surface area (Å²) in [6.07, 6.45) is 2.33. The van der Waals surface area contributed by atoms with Gasteiger partial charge in [-0.25, -0.2) is 0 Å². The molecule has 0 saturated carbocycles. The Bertz CT molecular complexity index is 887. The van der Waals surface area contributed by atoms with Gasteiger partial charge in [0.15, 0.2) is 5.96 Å². The lowest BCUT2D eigenvalue weighted by atomic mass is 10.1. The first-order valence-corrected chi connectivity index (χ1v) is 11.8. The van der Waals surface area contributed by atoms with Gasteiger partial charge in [-0.2, -0.15) is 0 Å².